The molecule has 3 rings (SSSR count). The number of hydrogen-bond acceptors (Lipinski definition) is 7. The number of hydrazone groups is 1. The molecular weight excluding hydrogens is 591 g/mol. The van der Waals surface area contributed by atoms with Crippen LogP contribution >= 0.6 is 22.6 Å². The van der Waals surface area contributed by atoms with Crippen molar-refractivity contribution in [2.45, 2.75) is 39.2 Å². The number of carbonyl (C=O) groups excluding carboxylic acids is 3. The van der Waals surface area contributed by atoms with Gasteiger partial charge in [0.2, 0.25) is 0 Å². The van der Waals surface area contributed by atoms with Gasteiger partial charge in [-0.05, 0) is 84.2 Å². The van der Waals surface area contributed by atoms with Crippen molar-refractivity contribution in [3.63, 3.8) is 0 Å². The quantitative estimate of drug-likeness (QED) is 0.153. The van der Waals surface area contributed by atoms with Crippen molar-refractivity contribution in [2.75, 3.05) is 31.7 Å². The molecule has 0 bridgehead atoms. The summed E-state index contributed by atoms with van der Waals surface area (Å²) in [5.74, 6) is -1.09. The fraction of sp³-hybridized carbons (Fsp3) is 0.385. The van der Waals surface area contributed by atoms with E-state index in [1.807, 2.05) is 31.2 Å². The molecule has 0 unspecified atom stereocenters. The minimum Gasteiger partial charge on any atom is -0.490 e. The van der Waals surface area contributed by atoms with Gasteiger partial charge in [-0.2, -0.15) is 5.10 Å². The first kappa shape index (κ1) is 28.4. The van der Waals surface area contributed by atoms with Gasteiger partial charge in [0, 0.05) is 18.8 Å². The summed E-state index contributed by atoms with van der Waals surface area (Å²) >= 11 is 2.07. The Bertz CT molecular complexity index is 1120. The van der Waals surface area contributed by atoms with Gasteiger partial charge in [-0.1, -0.05) is 19.1 Å². The molecular formula is C26H31IN4O6. The van der Waals surface area contributed by atoms with Gasteiger partial charge >= 0.3 is 11.8 Å². The van der Waals surface area contributed by atoms with E-state index in [-0.39, 0.29) is 25.2 Å². The molecule has 0 aliphatic carbocycles. The van der Waals surface area contributed by atoms with Crippen LogP contribution in [0.1, 0.15) is 37.8 Å². The number of aryl methyl sites for hydroxylation is 1. The van der Waals surface area contributed by atoms with Crippen LogP contribution in [0.25, 0.3) is 0 Å². The molecule has 198 valence electrons. The molecule has 11 heteroatoms. The van der Waals surface area contributed by atoms with Crippen molar-refractivity contribution in [1.29, 1.82) is 0 Å². The van der Waals surface area contributed by atoms with Crippen molar-refractivity contribution in [2.24, 2.45) is 5.10 Å². The van der Waals surface area contributed by atoms with Gasteiger partial charge in [-0.3, -0.25) is 14.4 Å². The second kappa shape index (κ2) is 14.5. The third-order valence-corrected chi connectivity index (χ3v) is 6.23. The zero-order chi connectivity index (χ0) is 26.6. The largest absolute Gasteiger partial charge is 0.490 e. The highest BCUT2D eigenvalue weighted by molar-refractivity contribution is 14.1. The minimum atomic E-state index is -0.871. The van der Waals surface area contributed by atoms with E-state index in [1.54, 1.807) is 12.1 Å². The lowest BCUT2D eigenvalue weighted by atomic mass is 10.1. The summed E-state index contributed by atoms with van der Waals surface area (Å²) in [4.78, 5) is 36.3. The van der Waals surface area contributed by atoms with Crippen LogP contribution in [-0.2, 0) is 25.5 Å². The third-order valence-electron chi connectivity index (χ3n) is 5.43. The maximum Gasteiger partial charge on any atom is 0.329 e. The zero-order valence-electron chi connectivity index (χ0n) is 20.8. The van der Waals surface area contributed by atoms with Crippen LogP contribution < -0.4 is 25.5 Å². The number of amides is 3. The number of carbonyl (C=O) groups is 3. The normalized spacial score (nSPS) is 14.8. The van der Waals surface area contributed by atoms with Gasteiger partial charge in [-0.25, -0.2) is 5.43 Å². The van der Waals surface area contributed by atoms with Crippen LogP contribution in [0, 0.1) is 3.57 Å². The van der Waals surface area contributed by atoms with Crippen molar-refractivity contribution in [3.8, 4) is 11.5 Å². The Morgan fingerprint density at radius 2 is 1.92 bits per heavy atom. The predicted molar refractivity (Wildman–Crippen MR) is 148 cm³/mol. The second-order valence-corrected chi connectivity index (χ2v) is 9.36. The zero-order valence-corrected chi connectivity index (χ0v) is 23.0. The van der Waals surface area contributed by atoms with Crippen LogP contribution in [0.5, 0.6) is 11.5 Å². The molecule has 3 N–H and O–H groups in total. The summed E-state index contributed by atoms with van der Waals surface area (Å²) in [5.41, 5.74) is 4.70. The maximum atomic E-state index is 12.4. The number of nitrogens with zero attached hydrogens (tertiary/aromatic N) is 1. The highest BCUT2D eigenvalue weighted by Crippen LogP contribution is 2.34. The number of ether oxygens (including phenoxy) is 3. The van der Waals surface area contributed by atoms with E-state index in [0.29, 0.717) is 39.5 Å². The maximum absolute atomic E-state index is 12.4. The minimum absolute atomic E-state index is 0.0570. The highest BCUT2D eigenvalue weighted by Gasteiger charge is 2.19. The first-order valence-electron chi connectivity index (χ1n) is 12.1. The van der Waals surface area contributed by atoms with Gasteiger partial charge in [0.25, 0.3) is 5.91 Å². The Hall–Kier alpha value is -3.19. The lowest BCUT2D eigenvalue weighted by Crippen LogP contribution is -2.41. The van der Waals surface area contributed by atoms with Crippen molar-refractivity contribution in [3.05, 3.63) is 51.1 Å². The molecule has 1 atom stereocenters. The molecule has 1 aliphatic rings. The highest BCUT2D eigenvalue weighted by atomic mass is 127. The van der Waals surface area contributed by atoms with Crippen molar-refractivity contribution < 1.29 is 28.6 Å². The molecule has 0 spiro atoms. The first-order valence-corrected chi connectivity index (χ1v) is 13.2. The summed E-state index contributed by atoms with van der Waals surface area (Å²) in [7, 11) is 0. The summed E-state index contributed by atoms with van der Waals surface area (Å²) in [6.45, 7) is 5.04. The molecule has 0 saturated carbocycles. The second-order valence-electron chi connectivity index (χ2n) is 8.19. The Labute approximate surface area is 229 Å². The van der Waals surface area contributed by atoms with Gasteiger partial charge in [0.05, 0.1) is 22.5 Å². The third kappa shape index (κ3) is 9.01. The van der Waals surface area contributed by atoms with Gasteiger partial charge in [0.15, 0.2) is 18.1 Å². The molecule has 1 saturated heterocycles. The van der Waals surface area contributed by atoms with Gasteiger partial charge in [0.1, 0.15) is 0 Å². The van der Waals surface area contributed by atoms with E-state index in [4.69, 9.17) is 14.2 Å². The van der Waals surface area contributed by atoms with E-state index in [1.165, 1.54) is 11.8 Å². The first-order chi connectivity index (χ1) is 17.9. The summed E-state index contributed by atoms with van der Waals surface area (Å²) in [6.07, 6.45) is 4.07. The molecule has 0 radical (unpaired) electrons. The summed E-state index contributed by atoms with van der Waals surface area (Å²) in [6, 6.07) is 11.1. The van der Waals surface area contributed by atoms with Crippen molar-refractivity contribution >= 4 is 52.2 Å². The Morgan fingerprint density at radius 1 is 1.14 bits per heavy atom. The average Bonchev–Trinajstić information content (AvgIpc) is 3.41. The van der Waals surface area contributed by atoms with Gasteiger partial charge in [-0.15, -0.1) is 0 Å². The molecule has 1 heterocycles. The topological polar surface area (TPSA) is 127 Å². The molecule has 1 aliphatic heterocycles. The fourth-order valence-corrected chi connectivity index (χ4v) is 4.31. The van der Waals surface area contributed by atoms with Crippen LogP contribution in [0.3, 0.4) is 0 Å². The number of halogens is 1. The predicted octanol–water partition coefficient (Wildman–Crippen LogP) is 3.02. The molecule has 3 amide bonds. The SMILES string of the molecule is CCOc1cc(/C=N\NC(=O)C(=O)NC[C@@H]2CCCO2)cc(I)c1OCC(=O)Nc1ccc(CC)cc1. The molecule has 0 aromatic heterocycles. The van der Waals surface area contributed by atoms with Crippen molar-refractivity contribution in [1.82, 2.24) is 10.7 Å². The number of hydrogen-bond donors (Lipinski definition) is 3. The number of nitrogens with one attached hydrogen (secondary N) is 3. The summed E-state index contributed by atoms with van der Waals surface area (Å²) < 4.78 is 17.6. The number of benzene rings is 2. The van der Waals surface area contributed by atoms with Gasteiger partial charge < -0.3 is 24.8 Å². The lowest BCUT2D eigenvalue weighted by Gasteiger charge is -2.14. The number of rotatable bonds is 11. The molecule has 10 nitrogen and oxygen atoms in total. The van der Waals surface area contributed by atoms with Crippen LogP contribution in [-0.4, -0.2) is 56.4 Å². The van der Waals surface area contributed by atoms with Crippen LogP contribution in [0.15, 0.2) is 41.5 Å². The van der Waals surface area contributed by atoms with E-state index in [9.17, 15) is 14.4 Å². The molecule has 2 aromatic rings. The fourth-order valence-electron chi connectivity index (χ4n) is 3.53. The Balaban J connectivity index is 1.55. The van der Waals surface area contributed by atoms with E-state index >= 15 is 0 Å². The molecule has 37 heavy (non-hydrogen) atoms. The number of anilines is 1. The Morgan fingerprint density at radius 3 is 2.59 bits per heavy atom. The lowest BCUT2D eigenvalue weighted by molar-refractivity contribution is -0.139. The van der Waals surface area contributed by atoms with E-state index in [0.717, 1.165) is 19.3 Å². The van der Waals surface area contributed by atoms with E-state index < -0.39 is 11.8 Å². The molecule has 1 fully saturated rings. The summed E-state index contributed by atoms with van der Waals surface area (Å²) in [5, 5.41) is 9.22. The average molecular weight is 622 g/mol. The monoisotopic (exact) mass is 622 g/mol. The standard InChI is InChI=1S/C26H31IN4O6/c1-3-17-7-9-19(10-8-17)30-23(32)16-37-24-21(27)12-18(13-22(24)35-4-2)14-29-31-26(34)25(33)28-15-20-6-5-11-36-20/h7-10,12-14,20H,3-6,11,15-16H2,1-2H3,(H,28,33)(H,30,32)(H,31,34)/b29-14-/t20-/m0/s1. The van der Waals surface area contributed by atoms with Crippen LogP contribution in [0.2, 0.25) is 0 Å². The Kier molecular flexibility index (Phi) is 11.1. The smallest absolute Gasteiger partial charge is 0.329 e. The molecule has 2 aromatic carbocycles. The van der Waals surface area contributed by atoms with Crippen LogP contribution in [0.4, 0.5) is 5.69 Å². The van der Waals surface area contributed by atoms with E-state index in [2.05, 4.69) is 50.7 Å².